The molecule has 3 heterocycles. The molecule has 1 fully saturated rings. The number of carbonyl (C=O) groups is 2. The number of rotatable bonds is 6. The minimum atomic E-state index is -5.08. The van der Waals surface area contributed by atoms with Crippen LogP contribution in [0, 0.1) is 5.92 Å². The molecule has 2 aliphatic rings. The summed E-state index contributed by atoms with van der Waals surface area (Å²) < 4.78 is 39.5. The number of carboxylic acid groups (broad SMARTS) is 1. The van der Waals surface area contributed by atoms with E-state index in [2.05, 4.69) is 21.5 Å². The minimum Gasteiger partial charge on any atom is -0.475 e. The summed E-state index contributed by atoms with van der Waals surface area (Å²) in [5.74, 6) is 0.286. The smallest absolute Gasteiger partial charge is 0.475 e. The van der Waals surface area contributed by atoms with Gasteiger partial charge in [-0.25, -0.2) is 9.78 Å². The molecular weight excluding hydrogens is 429 g/mol. The van der Waals surface area contributed by atoms with Crippen LogP contribution in [0.5, 0.6) is 0 Å². The lowest BCUT2D eigenvalue weighted by Gasteiger charge is -2.20. The molecule has 0 bridgehead atoms. The third-order valence-electron chi connectivity index (χ3n) is 5.41. The van der Waals surface area contributed by atoms with Gasteiger partial charge in [-0.15, -0.1) is 0 Å². The van der Waals surface area contributed by atoms with Crippen LogP contribution < -0.4 is 0 Å². The number of carboxylic acids is 1. The summed E-state index contributed by atoms with van der Waals surface area (Å²) in [6.45, 7) is 4.03. The normalized spacial score (nSPS) is 16.2. The Kier molecular flexibility index (Phi) is 7.60. The fraction of sp³-hybridized carbons (Fsp3) is 0.571. The van der Waals surface area contributed by atoms with Crippen molar-refractivity contribution in [3.63, 3.8) is 0 Å². The largest absolute Gasteiger partial charge is 0.490 e. The van der Waals surface area contributed by atoms with Crippen LogP contribution in [0.4, 0.5) is 13.2 Å². The minimum absolute atomic E-state index is 0.324. The van der Waals surface area contributed by atoms with Crippen LogP contribution in [0.1, 0.15) is 36.5 Å². The van der Waals surface area contributed by atoms with Crippen molar-refractivity contribution in [1.29, 1.82) is 0 Å². The SMILES string of the molecule is CN(Cc1ccco1)Cc1cnc2n1CCN(C(=O)CC1CC1)CC2.O=C(O)C(F)(F)F. The topological polar surface area (TPSA) is 91.8 Å². The first-order valence-electron chi connectivity index (χ1n) is 10.5. The molecule has 11 heteroatoms. The van der Waals surface area contributed by atoms with Gasteiger partial charge in [0, 0.05) is 45.2 Å². The van der Waals surface area contributed by atoms with E-state index in [1.165, 1.54) is 18.5 Å². The number of aromatic nitrogens is 2. The molecule has 0 aromatic carbocycles. The summed E-state index contributed by atoms with van der Waals surface area (Å²) >= 11 is 0. The van der Waals surface area contributed by atoms with E-state index >= 15 is 0 Å². The quantitative estimate of drug-likeness (QED) is 0.719. The molecule has 32 heavy (non-hydrogen) atoms. The maximum atomic E-state index is 12.4. The Balaban J connectivity index is 0.000000360. The number of halogens is 3. The molecule has 2 aromatic rings. The van der Waals surface area contributed by atoms with Crippen LogP contribution in [0.15, 0.2) is 29.0 Å². The molecule has 0 unspecified atom stereocenters. The second kappa shape index (κ2) is 10.2. The Morgan fingerprint density at radius 3 is 2.56 bits per heavy atom. The molecule has 176 valence electrons. The molecular formula is C21H27F3N4O4. The zero-order chi connectivity index (χ0) is 23.3. The summed E-state index contributed by atoms with van der Waals surface area (Å²) in [5, 5.41) is 7.12. The molecule has 2 aromatic heterocycles. The molecule has 4 rings (SSSR count). The van der Waals surface area contributed by atoms with Crippen molar-refractivity contribution in [1.82, 2.24) is 19.4 Å². The molecule has 1 N–H and O–H groups in total. The van der Waals surface area contributed by atoms with E-state index in [0.29, 0.717) is 11.8 Å². The molecule has 1 aliphatic heterocycles. The second-order valence-electron chi connectivity index (χ2n) is 8.15. The van der Waals surface area contributed by atoms with Crippen molar-refractivity contribution < 1.29 is 32.3 Å². The van der Waals surface area contributed by atoms with Crippen molar-refractivity contribution in [3.8, 4) is 0 Å². The lowest BCUT2D eigenvalue weighted by molar-refractivity contribution is -0.192. The summed E-state index contributed by atoms with van der Waals surface area (Å²) in [5.41, 5.74) is 1.21. The van der Waals surface area contributed by atoms with Gasteiger partial charge in [0.05, 0.1) is 18.5 Å². The predicted molar refractivity (Wildman–Crippen MR) is 107 cm³/mol. The number of nitrogens with zero attached hydrogens (tertiary/aromatic N) is 4. The average Bonchev–Trinajstić information content (AvgIpc) is 3.31. The van der Waals surface area contributed by atoms with Crippen molar-refractivity contribution >= 4 is 11.9 Å². The number of furan rings is 1. The van der Waals surface area contributed by atoms with E-state index in [1.807, 2.05) is 23.2 Å². The fourth-order valence-electron chi connectivity index (χ4n) is 3.57. The van der Waals surface area contributed by atoms with E-state index in [4.69, 9.17) is 14.3 Å². The zero-order valence-corrected chi connectivity index (χ0v) is 17.8. The van der Waals surface area contributed by atoms with E-state index < -0.39 is 12.1 Å². The molecule has 1 saturated carbocycles. The van der Waals surface area contributed by atoms with Gasteiger partial charge in [0.15, 0.2) is 0 Å². The van der Waals surface area contributed by atoms with E-state index in [-0.39, 0.29) is 0 Å². The van der Waals surface area contributed by atoms with Gasteiger partial charge in [-0.1, -0.05) is 0 Å². The van der Waals surface area contributed by atoms with Gasteiger partial charge >= 0.3 is 12.1 Å². The van der Waals surface area contributed by atoms with Crippen LogP contribution in [0.2, 0.25) is 0 Å². The van der Waals surface area contributed by atoms with Crippen LogP contribution in [-0.2, 0) is 35.6 Å². The fourth-order valence-corrected chi connectivity index (χ4v) is 3.57. The van der Waals surface area contributed by atoms with Gasteiger partial charge in [-0.2, -0.15) is 13.2 Å². The summed E-state index contributed by atoms with van der Waals surface area (Å²) in [6.07, 6.45) is 2.65. The number of alkyl halides is 3. The van der Waals surface area contributed by atoms with Crippen molar-refractivity contribution in [2.45, 2.75) is 51.5 Å². The Bertz CT molecular complexity index is 907. The van der Waals surface area contributed by atoms with E-state index in [0.717, 1.165) is 57.2 Å². The summed E-state index contributed by atoms with van der Waals surface area (Å²) in [6, 6.07) is 3.91. The third-order valence-corrected chi connectivity index (χ3v) is 5.41. The molecule has 0 spiro atoms. The third kappa shape index (κ3) is 6.84. The highest BCUT2D eigenvalue weighted by molar-refractivity contribution is 5.76. The number of fused-ring (bicyclic) bond motifs is 1. The number of imidazole rings is 1. The molecule has 0 saturated heterocycles. The van der Waals surface area contributed by atoms with Gasteiger partial charge < -0.3 is 19.0 Å². The Morgan fingerprint density at radius 2 is 1.97 bits per heavy atom. The molecule has 1 amide bonds. The first-order valence-corrected chi connectivity index (χ1v) is 10.5. The maximum absolute atomic E-state index is 12.4. The number of hydrogen-bond donors (Lipinski definition) is 1. The first-order chi connectivity index (χ1) is 15.1. The first kappa shape index (κ1) is 23.8. The molecule has 0 atom stereocenters. The van der Waals surface area contributed by atoms with Crippen LogP contribution in [0.3, 0.4) is 0 Å². The van der Waals surface area contributed by atoms with E-state index in [1.54, 1.807) is 6.26 Å². The van der Waals surface area contributed by atoms with Crippen LogP contribution >= 0.6 is 0 Å². The highest BCUT2D eigenvalue weighted by Gasteiger charge is 2.38. The number of carbonyl (C=O) groups excluding carboxylic acids is 1. The summed E-state index contributed by atoms with van der Waals surface area (Å²) in [4.78, 5) is 30.2. The van der Waals surface area contributed by atoms with Crippen LogP contribution in [0.25, 0.3) is 0 Å². The molecule has 0 radical (unpaired) electrons. The highest BCUT2D eigenvalue weighted by Crippen LogP contribution is 2.33. The Morgan fingerprint density at radius 1 is 1.25 bits per heavy atom. The van der Waals surface area contributed by atoms with Gasteiger partial charge in [-0.3, -0.25) is 9.69 Å². The Labute approximate surface area is 183 Å². The average molecular weight is 456 g/mol. The van der Waals surface area contributed by atoms with Crippen molar-refractivity contribution in [2.24, 2.45) is 5.92 Å². The second-order valence-corrected chi connectivity index (χ2v) is 8.15. The van der Waals surface area contributed by atoms with Crippen molar-refractivity contribution in [3.05, 3.63) is 41.9 Å². The number of amides is 1. The number of aliphatic carboxylic acids is 1. The zero-order valence-electron chi connectivity index (χ0n) is 17.8. The monoisotopic (exact) mass is 456 g/mol. The van der Waals surface area contributed by atoms with Gasteiger partial charge in [0.2, 0.25) is 5.91 Å². The van der Waals surface area contributed by atoms with Crippen molar-refractivity contribution in [2.75, 3.05) is 20.1 Å². The van der Waals surface area contributed by atoms with Crippen LogP contribution in [-0.4, -0.2) is 62.6 Å². The lowest BCUT2D eigenvalue weighted by atomic mass is 10.2. The molecule has 1 aliphatic carbocycles. The number of hydrogen-bond acceptors (Lipinski definition) is 5. The van der Waals surface area contributed by atoms with Gasteiger partial charge in [0.1, 0.15) is 11.6 Å². The van der Waals surface area contributed by atoms with E-state index in [9.17, 15) is 18.0 Å². The predicted octanol–water partition coefficient (Wildman–Crippen LogP) is 2.93. The lowest BCUT2D eigenvalue weighted by Crippen LogP contribution is -2.34. The standard InChI is InChI=1S/C19H26N4O2.C2HF3O2/c1-21(14-17-3-2-10-25-17)13-16-12-20-18-6-7-22(8-9-23(16)18)19(24)11-15-4-5-15;3-2(4,5)1(6)7/h2-3,10,12,15H,4-9,11,13-14H2,1H3;(H,6,7). The van der Waals surface area contributed by atoms with Gasteiger partial charge in [0.25, 0.3) is 0 Å². The summed E-state index contributed by atoms with van der Waals surface area (Å²) in [7, 11) is 2.09. The molecule has 8 nitrogen and oxygen atoms in total. The Hall–Kier alpha value is -2.82. The van der Waals surface area contributed by atoms with Gasteiger partial charge in [-0.05, 0) is 37.9 Å². The maximum Gasteiger partial charge on any atom is 0.490 e. The highest BCUT2D eigenvalue weighted by atomic mass is 19.4.